The van der Waals surface area contributed by atoms with Crippen molar-refractivity contribution >= 4 is 47.4 Å². The Morgan fingerprint density at radius 1 is 1.00 bits per heavy atom. The zero-order valence-electron chi connectivity index (χ0n) is 15.0. The molecule has 3 aromatic rings. The monoisotopic (exact) mass is 409 g/mol. The number of carbonyl (C=O) groups excluding carboxylic acids is 1. The van der Waals surface area contributed by atoms with Gasteiger partial charge in [-0.2, -0.15) is 0 Å². The Morgan fingerprint density at radius 3 is 2.52 bits per heavy atom. The van der Waals surface area contributed by atoms with Crippen LogP contribution in [0.5, 0.6) is 0 Å². The predicted octanol–water partition coefficient (Wildman–Crippen LogP) is 4.11. The Kier molecular flexibility index (Phi) is 9.78. The van der Waals surface area contributed by atoms with Gasteiger partial charge in [-0.1, -0.05) is 25.0 Å². The summed E-state index contributed by atoms with van der Waals surface area (Å²) in [5.74, 6) is 0.795. The number of para-hydroxylation sites is 2. The molecule has 0 aliphatic heterocycles. The number of amides is 1. The van der Waals surface area contributed by atoms with Crippen LogP contribution in [0, 0.1) is 0 Å². The lowest BCUT2D eigenvalue weighted by Gasteiger charge is -2.07. The number of aromatic nitrogens is 3. The first-order valence-corrected chi connectivity index (χ1v) is 8.66. The number of anilines is 1. The Hall–Kier alpha value is -2.15. The molecule has 0 saturated carbocycles. The van der Waals surface area contributed by atoms with E-state index in [0.717, 1.165) is 49.1 Å². The zero-order chi connectivity index (χ0) is 17.5. The Labute approximate surface area is 171 Å². The van der Waals surface area contributed by atoms with E-state index in [9.17, 15) is 4.79 Å². The average Bonchev–Trinajstić information content (AvgIpc) is 3.06. The van der Waals surface area contributed by atoms with E-state index in [4.69, 9.17) is 5.73 Å². The summed E-state index contributed by atoms with van der Waals surface area (Å²) >= 11 is 0. The quantitative estimate of drug-likeness (QED) is 0.548. The van der Waals surface area contributed by atoms with Crippen LogP contribution >= 0.6 is 24.8 Å². The van der Waals surface area contributed by atoms with E-state index in [1.54, 1.807) is 12.5 Å². The molecule has 8 heteroatoms. The summed E-state index contributed by atoms with van der Waals surface area (Å²) in [6, 6.07) is 11.6. The van der Waals surface area contributed by atoms with Gasteiger partial charge in [-0.25, -0.2) is 9.97 Å². The van der Waals surface area contributed by atoms with Gasteiger partial charge in [0, 0.05) is 6.42 Å². The zero-order valence-corrected chi connectivity index (χ0v) is 16.6. The number of benzene rings is 1. The van der Waals surface area contributed by atoms with E-state index < -0.39 is 0 Å². The molecule has 3 rings (SSSR count). The number of hydrogen-bond acceptors (Lipinski definition) is 4. The standard InChI is InChI=1S/C19H23N5O.2ClH/c20-12-6-2-1-3-9-19(25)23-15-10-11-18(21-13-15)24-14-22-16-7-4-5-8-17(16)24;;/h4-5,7-8,10-11,13-14H,1-3,6,9,12,20H2,(H,23,25);2*1H. The van der Waals surface area contributed by atoms with Gasteiger partial charge in [0.1, 0.15) is 12.1 Å². The van der Waals surface area contributed by atoms with E-state index >= 15 is 0 Å². The van der Waals surface area contributed by atoms with Crippen LogP contribution in [0.1, 0.15) is 32.1 Å². The molecule has 0 bridgehead atoms. The van der Waals surface area contributed by atoms with Crippen LogP contribution < -0.4 is 11.1 Å². The number of nitrogens with two attached hydrogens (primary N) is 1. The van der Waals surface area contributed by atoms with Gasteiger partial charge < -0.3 is 11.1 Å². The Balaban J connectivity index is 0.00000182. The van der Waals surface area contributed by atoms with Crippen LogP contribution in [-0.4, -0.2) is 27.0 Å². The lowest BCUT2D eigenvalue weighted by Crippen LogP contribution is -2.11. The second kappa shape index (κ2) is 11.5. The molecule has 146 valence electrons. The SMILES string of the molecule is Cl.Cl.NCCCCCCC(=O)Nc1ccc(-n2cnc3ccccc32)nc1. The highest BCUT2D eigenvalue weighted by Crippen LogP contribution is 2.17. The fraction of sp³-hybridized carbons (Fsp3) is 0.316. The molecule has 0 spiro atoms. The van der Waals surface area contributed by atoms with Crippen LogP contribution in [-0.2, 0) is 4.79 Å². The molecule has 0 fully saturated rings. The lowest BCUT2D eigenvalue weighted by atomic mass is 10.1. The number of nitrogens with one attached hydrogen (secondary N) is 1. The van der Waals surface area contributed by atoms with Gasteiger partial charge in [-0.3, -0.25) is 9.36 Å². The van der Waals surface area contributed by atoms with Gasteiger partial charge >= 0.3 is 0 Å². The second-order valence-electron chi connectivity index (χ2n) is 6.01. The number of pyridine rings is 1. The molecule has 0 aliphatic carbocycles. The molecule has 2 heterocycles. The van der Waals surface area contributed by atoms with Crippen LogP contribution in [0.15, 0.2) is 48.9 Å². The summed E-state index contributed by atoms with van der Waals surface area (Å²) in [6.45, 7) is 0.719. The molecule has 0 unspecified atom stereocenters. The number of nitrogens with zero attached hydrogens (tertiary/aromatic N) is 3. The minimum Gasteiger partial charge on any atom is -0.330 e. The highest BCUT2D eigenvalue weighted by Gasteiger charge is 2.06. The highest BCUT2D eigenvalue weighted by atomic mass is 35.5. The predicted molar refractivity (Wildman–Crippen MR) is 114 cm³/mol. The number of unbranched alkanes of at least 4 members (excludes halogenated alkanes) is 3. The van der Waals surface area contributed by atoms with Crippen molar-refractivity contribution in [1.82, 2.24) is 14.5 Å². The number of hydrogen-bond donors (Lipinski definition) is 2. The van der Waals surface area contributed by atoms with Gasteiger partial charge in [0.15, 0.2) is 0 Å². The third kappa shape index (κ3) is 6.20. The van der Waals surface area contributed by atoms with Crippen molar-refractivity contribution in [2.75, 3.05) is 11.9 Å². The van der Waals surface area contributed by atoms with Crippen LogP contribution in [0.4, 0.5) is 5.69 Å². The Morgan fingerprint density at radius 2 is 1.78 bits per heavy atom. The maximum absolute atomic E-state index is 12.0. The van der Waals surface area contributed by atoms with Crippen molar-refractivity contribution in [3.63, 3.8) is 0 Å². The van der Waals surface area contributed by atoms with Gasteiger partial charge in [0.25, 0.3) is 0 Å². The first kappa shape index (κ1) is 22.9. The molecule has 2 aromatic heterocycles. The summed E-state index contributed by atoms with van der Waals surface area (Å²) in [5, 5.41) is 2.89. The van der Waals surface area contributed by atoms with E-state index in [0.29, 0.717) is 12.1 Å². The molecular formula is C19H25Cl2N5O. The van der Waals surface area contributed by atoms with Crippen molar-refractivity contribution in [1.29, 1.82) is 0 Å². The van der Waals surface area contributed by atoms with Crippen molar-refractivity contribution in [2.24, 2.45) is 5.73 Å². The van der Waals surface area contributed by atoms with Crippen molar-refractivity contribution in [2.45, 2.75) is 32.1 Å². The third-order valence-electron chi connectivity index (χ3n) is 4.09. The van der Waals surface area contributed by atoms with E-state index in [2.05, 4.69) is 15.3 Å². The minimum atomic E-state index is 0. The highest BCUT2D eigenvalue weighted by molar-refractivity contribution is 5.90. The van der Waals surface area contributed by atoms with E-state index in [-0.39, 0.29) is 30.7 Å². The third-order valence-corrected chi connectivity index (χ3v) is 4.09. The molecule has 27 heavy (non-hydrogen) atoms. The molecule has 3 N–H and O–H groups in total. The van der Waals surface area contributed by atoms with Crippen LogP contribution in [0.2, 0.25) is 0 Å². The second-order valence-corrected chi connectivity index (χ2v) is 6.01. The number of imidazole rings is 1. The fourth-order valence-corrected chi connectivity index (χ4v) is 2.75. The number of fused-ring (bicyclic) bond motifs is 1. The van der Waals surface area contributed by atoms with Crippen molar-refractivity contribution < 1.29 is 4.79 Å². The fourth-order valence-electron chi connectivity index (χ4n) is 2.75. The molecule has 0 aliphatic rings. The maximum atomic E-state index is 12.0. The molecule has 0 saturated heterocycles. The topological polar surface area (TPSA) is 85.8 Å². The summed E-state index contributed by atoms with van der Waals surface area (Å²) in [4.78, 5) is 20.8. The van der Waals surface area contributed by atoms with Gasteiger partial charge in [-0.05, 0) is 43.7 Å². The maximum Gasteiger partial charge on any atom is 0.224 e. The van der Waals surface area contributed by atoms with Crippen molar-refractivity contribution in [3.8, 4) is 5.82 Å². The summed E-state index contributed by atoms with van der Waals surface area (Å²) < 4.78 is 1.93. The smallest absolute Gasteiger partial charge is 0.224 e. The summed E-state index contributed by atoms with van der Waals surface area (Å²) in [7, 11) is 0. The van der Waals surface area contributed by atoms with Gasteiger partial charge in [0.05, 0.1) is 22.9 Å². The Bertz CT molecular complexity index is 835. The van der Waals surface area contributed by atoms with E-state index in [1.165, 1.54) is 0 Å². The summed E-state index contributed by atoms with van der Waals surface area (Å²) in [5.41, 5.74) is 8.10. The van der Waals surface area contributed by atoms with Gasteiger partial charge in [0.2, 0.25) is 5.91 Å². The number of rotatable bonds is 8. The van der Waals surface area contributed by atoms with Gasteiger partial charge in [-0.15, -0.1) is 24.8 Å². The molecule has 1 amide bonds. The van der Waals surface area contributed by atoms with E-state index in [1.807, 2.05) is 41.0 Å². The molecule has 6 nitrogen and oxygen atoms in total. The van der Waals surface area contributed by atoms with Crippen molar-refractivity contribution in [3.05, 3.63) is 48.9 Å². The first-order chi connectivity index (χ1) is 12.3. The molecular weight excluding hydrogens is 385 g/mol. The molecule has 1 aromatic carbocycles. The largest absolute Gasteiger partial charge is 0.330 e. The number of carbonyl (C=O) groups is 1. The molecule has 0 atom stereocenters. The number of halogens is 2. The average molecular weight is 410 g/mol. The summed E-state index contributed by atoms with van der Waals surface area (Å²) in [6.07, 6.45) is 7.99. The normalized spacial score (nSPS) is 10.1. The van der Waals surface area contributed by atoms with Crippen LogP contribution in [0.25, 0.3) is 16.9 Å². The van der Waals surface area contributed by atoms with Crippen LogP contribution in [0.3, 0.4) is 0 Å². The minimum absolute atomic E-state index is 0. The first-order valence-electron chi connectivity index (χ1n) is 8.66. The lowest BCUT2D eigenvalue weighted by molar-refractivity contribution is -0.116. The molecule has 0 radical (unpaired) electrons.